The van der Waals surface area contributed by atoms with Gasteiger partial charge in [0.15, 0.2) is 0 Å². The van der Waals surface area contributed by atoms with Crippen LogP contribution in [0.25, 0.3) is 17.4 Å². The first kappa shape index (κ1) is 19.8. The minimum absolute atomic E-state index is 0.0481. The van der Waals surface area contributed by atoms with Gasteiger partial charge < -0.3 is 9.52 Å². The summed E-state index contributed by atoms with van der Waals surface area (Å²) in [7, 11) is 0. The lowest BCUT2D eigenvalue weighted by Crippen LogP contribution is -2.29. The Morgan fingerprint density at radius 3 is 2.79 bits per heavy atom. The number of hydrogen-bond donors (Lipinski definition) is 1. The summed E-state index contributed by atoms with van der Waals surface area (Å²) in [4.78, 5) is 35.5. The predicted octanol–water partition coefficient (Wildman–Crippen LogP) is 3.92. The first-order chi connectivity index (χ1) is 13.4. The molecule has 1 saturated heterocycles. The third-order valence-electron chi connectivity index (χ3n) is 3.91. The molecule has 0 saturated carbocycles. The Kier molecular flexibility index (Phi) is 5.90. The molecule has 0 bridgehead atoms. The summed E-state index contributed by atoms with van der Waals surface area (Å²) >= 11 is 6.29. The molecule has 0 spiro atoms. The van der Waals surface area contributed by atoms with Crippen LogP contribution in [-0.4, -0.2) is 37.7 Å². The molecular formula is C18H14N2O6S2. The number of nitrogens with zero attached hydrogens (tertiary/aromatic N) is 2. The molecule has 0 atom stereocenters. The van der Waals surface area contributed by atoms with Gasteiger partial charge in [-0.25, -0.2) is 0 Å². The van der Waals surface area contributed by atoms with Gasteiger partial charge in [-0.15, -0.1) is 0 Å². The Hall–Kier alpha value is -2.98. The lowest BCUT2D eigenvalue weighted by Gasteiger charge is -2.13. The fraction of sp³-hybridized carbons (Fsp3) is 0.167. The standard InChI is InChI=1S/C18H14N2O6S2/c21-16(22)6-3-9-19-17(23)15(28-18(19)27)10-11-7-8-14(26-11)12-4-1-2-5-13(12)20(24)25/h1-2,4-5,7-8,10H,3,6,9H2,(H,21,22)/b15-10-. The van der Waals surface area contributed by atoms with Crippen molar-refractivity contribution in [3.63, 3.8) is 0 Å². The van der Waals surface area contributed by atoms with Crippen LogP contribution in [-0.2, 0) is 9.59 Å². The summed E-state index contributed by atoms with van der Waals surface area (Å²) < 4.78 is 6.02. The van der Waals surface area contributed by atoms with Gasteiger partial charge in [0.25, 0.3) is 11.6 Å². The van der Waals surface area contributed by atoms with E-state index in [0.29, 0.717) is 32.7 Å². The van der Waals surface area contributed by atoms with Crippen LogP contribution in [0.4, 0.5) is 5.69 Å². The number of furan rings is 1. The zero-order chi connectivity index (χ0) is 20.3. The van der Waals surface area contributed by atoms with Crippen molar-refractivity contribution < 1.29 is 24.0 Å². The number of thiocarbonyl (C=S) groups is 1. The van der Waals surface area contributed by atoms with Crippen molar-refractivity contribution in [3.8, 4) is 11.3 Å². The summed E-state index contributed by atoms with van der Waals surface area (Å²) in [5.74, 6) is -0.571. The second-order valence-electron chi connectivity index (χ2n) is 5.81. The molecule has 0 aliphatic carbocycles. The van der Waals surface area contributed by atoms with Gasteiger partial charge in [-0.05, 0) is 24.6 Å². The first-order valence-electron chi connectivity index (χ1n) is 8.17. The lowest BCUT2D eigenvalue weighted by molar-refractivity contribution is -0.384. The van der Waals surface area contributed by atoms with Crippen molar-refractivity contribution in [2.45, 2.75) is 12.8 Å². The average Bonchev–Trinajstić information content (AvgIpc) is 3.21. The van der Waals surface area contributed by atoms with Crippen LogP contribution in [0, 0.1) is 10.1 Å². The van der Waals surface area contributed by atoms with Gasteiger partial charge in [0, 0.05) is 25.1 Å². The molecule has 3 rings (SSSR count). The van der Waals surface area contributed by atoms with Crippen LogP contribution in [0.1, 0.15) is 18.6 Å². The minimum atomic E-state index is -0.931. The number of carbonyl (C=O) groups is 2. The maximum Gasteiger partial charge on any atom is 0.303 e. The highest BCUT2D eigenvalue weighted by Crippen LogP contribution is 2.35. The Morgan fingerprint density at radius 1 is 1.32 bits per heavy atom. The molecule has 28 heavy (non-hydrogen) atoms. The smallest absolute Gasteiger partial charge is 0.303 e. The molecule has 8 nitrogen and oxygen atoms in total. The van der Waals surface area contributed by atoms with Crippen molar-refractivity contribution >= 4 is 51.9 Å². The number of nitro benzene ring substituents is 1. The molecule has 1 aliphatic rings. The zero-order valence-corrected chi connectivity index (χ0v) is 16.0. The molecule has 1 aromatic carbocycles. The van der Waals surface area contributed by atoms with Gasteiger partial charge in [0.2, 0.25) is 0 Å². The van der Waals surface area contributed by atoms with Crippen molar-refractivity contribution in [1.29, 1.82) is 0 Å². The molecule has 2 aromatic rings. The monoisotopic (exact) mass is 418 g/mol. The molecule has 1 aromatic heterocycles. The van der Waals surface area contributed by atoms with E-state index in [0.717, 1.165) is 11.8 Å². The second kappa shape index (κ2) is 8.36. The number of benzene rings is 1. The Morgan fingerprint density at radius 2 is 2.07 bits per heavy atom. The largest absolute Gasteiger partial charge is 0.481 e. The number of carboxylic acid groups (broad SMARTS) is 1. The fourth-order valence-corrected chi connectivity index (χ4v) is 3.92. The van der Waals surface area contributed by atoms with Gasteiger partial charge in [-0.2, -0.15) is 0 Å². The van der Waals surface area contributed by atoms with E-state index in [1.54, 1.807) is 30.3 Å². The number of amides is 1. The van der Waals surface area contributed by atoms with Crippen LogP contribution in [0.3, 0.4) is 0 Å². The molecule has 1 fully saturated rings. The van der Waals surface area contributed by atoms with Crippen LogP contribution in [0.2, 0.25) is 0 Å². The molecule has 1 N–H and O–H groups in total. The third-order valence-corrected chi connectivity index (χ3v) is 5.29. The highest BCUT2D eigenvalue weighted by Gasteiger charge is 2.32. The van der Waals surface area contributed by atoms with E-state index in [-0.39, 0.29) is 24.6 Å². The SMILES string of the molecule is O=C(O)CCCN1C(=O)/C(=C/c2ccc(-c3ccccc3[N+](=O)[O-])o2)SC1=S. The molecule has 1 amide bonds. The summed E-state index contributed by atoms with van der Waals surface area (Å²) in [5, 5.41) is 19.9. The maximum absolute atomic E-state index is 12.5. The zero-order valence-electron chi connectivity index (χ0n) is 14.4. The molecule has 144 valence electrons. The number of para-hydroxylation sites is 1. The van der Waals surface area contributed by atoms with Crippen molar-refractivity contribution in [1.82, 2.24) is 4.90 Å². The summed E-state index contributed by atoms with van der Waals surface area (Å²) in [6.07, 6.45) is 1.78. The molecule has 0 radical (unpaired) electrons. The van der Waals surface area contributed by atoms with Crippen LogP contribution in [0.15, 0.2) is 45.7 Å². The summed E-state index contributed by atoms with van der Waals surface area (Å²) in [6.45, 7) is 0.230. The van der Waals surface area contributed by atoms with E-state index in [9.17, 15) is 19.7 Å². The number of aliphatic carboxylic acids is 1. The molecule has 0 unspecified atom stereocenters. The van der Waals surface area contributed by atoms with Gasteiger partial charge in [-0.1, -0.05) is 36.1 Å². The first-order valence-corrected chi connectivity index (χ1v) is 9.40. The number of carboxylic acids is 1. The highest BCUT2D eigenvalue weighted by atomic mass is 32.2. The molecular weight excluding hydrogens is 404 g/mol. The highest BCUT2D eigenvalue weighted by molar-refractivity contribution is 8.26. The van der Waals surface area contributed by atoms with Gasteiger partial charge in [0.1, 0.15) is 15.8 Å². The molecule has 1 aliphatic heterocycles. The van der Waals surface area contributed by atoms with E-state index >= 15 is 0 Å². The van der Waals surface area contributed by atoms with Gasteiger partial charge >= 0.3 is 5.97 Å². The minimum Gasteiger partial charge on any atom is -0.481 e. The topological polar surface area (TPSA) is 114 Å². The third kappa shape index (κ3) is 4.29. The number of thioether (sulfide) groups is 1. The van der Waals surface area contributed by atoms with Crippen molar-refractivity contribution in [2.75, 3.05) is 6.54 Å². The Labute approximate surface area is 169 Å². The maximum atomic E-state index is 12.5. The van der Waals surface area contributed by atoms with Crippen molar-refractivity contribution in [2.24, 2.45) is 0 Å². The van der Waals surface area contributed by atoms with E-state index in [2.05, 4.69) is 0 Å². The fourth-order valence-electron chi connectivity index (χ4n) is 2.63. The van der Waals surface area contributed by atoms with E-state index < -0.39 is 10.9 Å². The van der Waals surface area contributed by atoms with Crippen LogP contribution in [0.5, 0.6) is 0 Å². The van der Waals surface area contributed by atoms with E-state index in [1.165, 1.54) is 17.0 Å². The van der Waals surface area contributed by atoms with E-state index in [1.807, 2.05) is 0 Å². The molecule has 2 heterocycles. The number of rotatable bonds is 7. The van der Waals surface area contributed by atoms with E-state index in [4.69, 9.17) is 21.7 Å². The van der Waals surface area contributed by atoms with Crippen LogP contribution < -0.4 is 0 Å². The lowest BCUT2D eigenvalue weighted by atomic mass is 10.1. The number of hydrogen-bond acceptors (Lipinski definition) is 7. The normalized spacial score (nSPS) is 15.4. The van der Waals surface area contributed by atoms with Gasteiger partial charge in [0.05, 0.1) is 15.4 Å². The Bertz CT molecular complexity index is 997. The Balaban J connectivity index is 1.79. The summed E-state index contributed by atoms with van der Waals surface area (Å²) in [5.41, 5.74) is 0.265. The number of carbonyl (C=O) groups excluding carboxylic acids is 1. The summed E-state index contributed by atoms with van der Waals surface area (Å²) in [6, 6.07) is 9.43. The average molecular weight is 418 g/mol. The second-order valence-corrected chi connectivity index (χ2v) is 7.48. The molecule has 10 heteroatoms. The number of nitro groups is 1. The van der Waals surface area contributed by atoms with Crippen LogP contribution >= 0.6 is 24.0 Å². The quantitative estimate of drug-likeness (QED) is 0.311. The van der Waals surface area contributed by atoms with Crippen molar-refractivity contribution in [3.05, 3.63) is 57.2 Å². The van der Waals surface area contributed by atoms with Gasteiger partial charge in [-0.3, -0.25) is 24.6 Å². The predicted molar refractivity (Wildman–Crippen MR) is 108 cm³/mol.